The average molecular weight is 262 g/mol. The Balaban J connectivity index is 1.92. The quantitative estimate of drug-likeness (QED) is 0.729. The predicted molar refractivity (Wildman–Crippen MR) is 79.1 cm³/mol. The molecule has 1 aromatic rings. The first-order valence-electron chi connectivity index (χ1n) is 7.26. The van der Waals surface area contributed by atoms with Crippen LogP contribution >= 0.6 is 0 Å². The third-order valence-corrected chi connectivity index (χ3v) is 3.55. The van der Waals surface area contributed by atoms with E-state index in [9.17, 15) is 0 Å². The van der Waals surface area contributed by atoms with Gasteiger partial charge >= 0.3 is 0 Å². The normalized spacial score (nSPS) is 15.2. The molecule has 3 nitrogen and oxygen atoms in total. The van der Waals surface area contributed by atoms with Crippen molar-refractivity contribution in [2.45, 2.75) is 52.7 Å². The molecule has 0 unspecified atom stereocenters. The van der Waals surface area contributed by atoms with Gasteiger partial charge in [-0.3, -0.25) is 4.90 Å². The highest BCUT2D eigenvalue weighted by molar-refractivity contribution is 5.21. The fraction of sp³-hybridized carbons (Fsp3) is 0.625. The molecule has 0 radical (unpaired) electrons. The van der Waals surface area contributed by atoms with Gasteiger partial charge in [-0.15, -0.1) is 0 Å². The molecule has 0 aliphatic heterocycles. The van der Waals surface area contributed by atoms with Crippen molar-refractivity contribution in [3.63, 3.8) is 0 Å². The predicted octanol–water partition coefficient (Wildman–Crippen LogP) is 3.24. The minimum absolute atomic E-state index is 0.726. The highest BCUT2D eigenvalue weighted by Gasteiger charge is 2.21. The number of nitrogens with zero attached hydrogens (tertiary/aromatic N) is 1. The molecule has 1 fully saturated rings. The first-order chi connectivity index (χ1) is 9.08. The first-order valence-corrected chi connectivity index (χ1v) is 7.26. The van der Waals surface area contributed by atoms with Crippen LogP contribution in [0.3, 0.4) is 0 Å². The van der Waals surface area contributed by atoms with E-state index in [2.05, 4.69) is 43.6 Å². The van der Waals surface area contributed by atoms with Crippen LogP contribution in [0.1, 0.15) is 43.8 Å². The van der Waals surface area contributed by atoms with Gasteiger partial charge in [0.15, 0.2) is 0 Å². The van der Waals surface area contributed by atoms with Crippen LogP contribution in [0.15, 0.2) is 22.6 Å². The van der Waals surface area contributed by atoms with Gasteiger partial charge in [-0.25, -0.2) is 0 Å². The van der Waals surface area contributed by atoms with Gasteiger partial charge in [-0.05, 0) is 39.3 Å². The van der Waals surface area contributed by atoms with Gasteiger partial charge in [0.25, 0.3) is 0 Å². The van der Waals surface area contributed by atoms with Crippen LogP contribution in [0.5, 0.6) is 0 Å². The van der Waals surface area contributed by atoms with E-state index in [-0.39, 0.29) is 0 Å². The fourth-order valence-corrected chi connectivity index (χ4v) is 2.27. The Morgan fingerprint density at radius 2 is 2.26 bits per heavy atom. The van der Waals surface area contributed by atoms with Crippen LogP contribution in [-0.4, -0.2) is 24.0 Å². The van der Waals surface area contributed by atoms with Crippen LogP contribution in [0.25, 0.3) is 0 Å². The number of aryl methyl sites for hydroxylation is 1. The van der Waals surface area contributed by atoms with Gasteiger partial charge in [-0.2, -0.15) is 0 Å². The van der Waals surface area contributed by atoms with Crippen molar-refractivity contribution < 1.29 is 4.42 Å². The van der Waals surface area contributed by atoms with Crippen molar-refractivity contribution in [1.82, 2.24) is 10.2 Å². The zero-order valence-corrected chi connectivity index (χ0v) is 12.5. The summed E-state index contributed by atoms with van der Waals surface area (Å²) in [5.74, 6) is 2.11. The first kappa shape index (κ1) is 14.4. The SMILES string of the molecule is C=C(C)CN(CC)Cc1cc(CNC2CC2)oc1C. The molecule has 19 heavy (non-hydrogen) atoms. The van der Waals surface area contributed by atoms with Crippen molar-refractivity contribution in [2.75, 3.05) is 13.1 Å². The molecule has 1 heterocycles. The molecule has 0 aromatic carbocycles. The Labute approximate surface area is 116 Å². The zero-order chi connectivity index (χ0) is 13.8. The molecule has 1 aliphatic carbocycles. The summed E-state index contributed by atoms with van der Waals surface area (Å²) in [6.07, 6.45) is 2.63. The molecule has 0 atom stereocenters. The molecule has 0 amide bonds. The van der Waals surface area contributed by atoms with Crippen LogP contribution in [0.4, 0.5) is 0 Å². The maximum atomic E-state index is 5.83. The van der Waals surface area contributed by atoms with E-state index < -0.39 is 0 Å². The Hall–Kier alpha value is -1.06. The van der Waals surface area contributed by atoms with Crippen molar-refractivity contribution >= 4 is 0 Å². The molecule has 0 spiro atoms. The Kier molecular flexibility index (Phi) is 4.83. The second-order valence-corrected chi connectivity index (χ2v) is 5.71. The van der Waals surface area contributed by atoms with Gasteiger partial charge in [0.1, 0.15) is 11.5 Å². The molecule has 1 aromatic heterocycles. The Morgan fingerprint density at radius 3 is 2.84 bits per heavy atom. The van der Waals surface area contributed by atoms with Crippen LogP contribution < -0.4 is 5.32 Å². The minimum atomic E-state index is 0.726. The second-order valence-electron chi connectivity index (χ2n) is 5.71. The Morgan fingerprint density at radius 1 is 1.53 bits per heavy atom. The summed E-state index contributed by atoms with van der Waals surface area (Å²) >= 11 is 0. The Bertz CT molecular complexity index is 432. The minimum Gasteiger partial charge on any atom is -0.465 e. The fourth-order valence-electron chi connectivity index (χ4n) is 2.27. The van der Waals surface area contributed by atoms with E-state index in [1.807, 2.05) is 0 Å². The van der Waals surface area contributed by atoms with E-state index >= 15 is 0 Å². The highest BCUT2D eigenvalue weighted by Crippen LogP contribution is 2.21. The van der Waals surface area contributed by atoms with Crippen LogP contribution in [0, 0.1) is 6.92 Å². The molecule has 1 aliphatic rings. The molecule has 1 N–H and O–H groups in total. The molecule has 0 bridgehead atoms. The summed E-state index contributed by atoms with van der Waals surface area (Å²) in [6, 6.07) is 2.93. The molecular weight excluding hydrogens is 236 g/mol. The third-order valence-electron chi connectivity index (χ3n) is 3.55. The van der Waals surface area contributed by atoms with E-state index in [1.165, 1.54) is 24.0 Å². The number of nitrogens with one attached hydrogen (secondary N) is 1. The van der Waals surface area contributed by atoms with Crippen molar-refractivity contribution in [1.29, 1.82) is 0 Å². The molecule has 0 saturated heterocycles. The molecule has 1 saturated carbocycles. The monoisotopic (exact) mass is 262 g/mol. The summed E-state index contributed by atoms with van der Waals surface area (Å²) in [7, 11) is 0. The number of hydrogen-bond donors (Lipinski definition) is 1. The smallest absolute Gasteiger partial charge is 0.118 e. The lowest BCUT2D eigenvalue weighted by atomic mass is 10.2. The van der Waals surface area contributed by atoms with Gasteiger partial charge in [0.05, 0.1) is 6.54 Å². The van der Waals surface area contributed by atoms with E-state index in [4.69, 9.17) is 4.42 Å². The van der Waals surface area contributed by atoms with Gasteiger partial charge < -0.3 is 9.73 Å². The maximum Gasteiger partial charge on any atom is 0.118 e. The van der Waals surface area contributed by atoms with Crippen molar-refractivity contribution in [3.05, 3.63) is 35.3 Å². The lowest BCUT2D eigenvalue weighted by molar-refractivity contribution is 0.302. The third kappa shape index (κ3) is 4.51. The lowest BCUT2D eigenvalue weighted by Gasteiger charge is -2.19. The molecular formula is C16H26N2O. The largest absolute Gasteiger partial charge is 0.465 e. The molecule has 106 valence electrons. The van der Waals surface area contributed by atoms with E-state index in [0.717, 1.165) is 43.7 Å². The van der Waals surface area contributed by atoms with Crippen molar-refractivity contribution in [2.24, 2.45) is 0 Å². The summed E-state index contributed by atoms with van der Waals surface area (Å²) in [4.78, 5) is 2.39. The number of hydrogen-bond acceptors (Lipinski definition) is 3. The van der Waals surface area contributed by atoms with Gasteiger partial charge in [0, 0.05) is 24.7 Å². The standard InChI is InChI=1S/C16H26N2O/c1-5-18(10-12(2)3)11-14-8-16(19-13(14)4)9-17-15-6-7-15/h8,15,17H,2,5-7,9-11H2,1,3-4H3. The van der Waals surface area contributed by atoms with Gasteiger partial charge in [0.2, 0.25) is 0 Å². The van der Waals surface area contributed by atoms with Crippen LogP contribution in [0.2, 0.25) is 0 Å². The maximum absolute atomic E-state index is 5.83. The van der Waals surface area contributed by atoms with E-state index in [0.29, 0.717) is 0 Å². The van der Waals surface area contributed by atoms with Crippen molar-refractivity contribution in [3.8, 4) is 0 Å². The lowest BCUT2D eigenvalue weighted by Crippen LogP contribution is -2.24. The zero-order valence-electron chi connectivity index (χ0n) is 12.5. The highest BCUT2D eigenvalue weighted by atomic mass is 16.3. The number of furan rings is 1. The summed E-state index contributed by atoms with van der Waals surface area (Å²) in [5.41, 5.74) is 2.51. The summed E-state index contributed by atoms with van der Waals surface area (Å²) in [6.45, 7) is 14.1. The second kappa shape index (κ2) is 6.40. The molecule has 2 rings (SSSR count). The number of rotatable bonds is 8. The molecule has 3 heteroatoms. The topological polar surface area (TPSA) is 28.4 Å². The summed E-state index contributed by atoms with van der Waals surface area (Å²) < 4.78 is 5.83. The van der Waals surface area contributed by atoms with Crippen LogP contribution in [-0.2, 0) is 13.1 Å². The summed E-state index contributed by atoms with van der Waals surface area (Å²) in [5, 5.41) is 3.49. The average Bonchev–Trinajstić information content (AvgIpc) is 3.11. The number of likely N-dealkylation sites (N-methyl/N-ethyl adjacent to an activating group) is 1. The van der Waals surface area contributed by atoms with Gasteiger partial charge in [-0.1, -0.05) is 19.1 Å². The van der Waals surface area contributed by atoms with E-state index in [1.54, 1.807) is 0 Å².